The van der Waals surface area contributed by atoms with E-state index in [1.807, 2.05) is 0 Å². The monoisotopic (exact) mass is 204 g/mol. The van der Waals surface area contributed by atoms with Crippen molar-refractivity contribution in [1.29, 1.82) is 0 Å². The number of hydrogen-bond acceptors (Lipinski definition) is 5. The van der Waals surface area contributed by atoms with Crippen molar-refractivity contribution in [3.05, 3.63) is 17.5 Å². The van der Waals surface area contributed by atoms with Crippen LogP contribution >= 0.6 is 0 Å². The highest BCUT2D eigenvalue weighted by Crippen LogP contribution is 2.18. The van der Waals surface area contributed by atoms with Crippen LogP contribution in [0.25, 0.3) is 0 Å². The summed E-state index contributed by atoms with van der Waals surface area (Å²) in [4.78, 5) is 6.89. The predicted octanol–water partition coefficient (Wildman–Crippen LogP) is 0.165. The molecule has 2 heterocycles. The van der Waals surface area contributed by atoms with Crippen LogP contribution in [0.5, 0.6) is 0 Å². The second-order valence-electron chi connectivity index (χ2n) is 2.56. The summed E-state index contributed by atoms with van der Waals surface area (Å²) in [5.41, 5.74) is 1.14. The number of hydrogen-bond donors (Lipinski definition) is 0. The zero-order valence-corrected chi connectivity index (χ0v) is 7.21. The fourth-order valence-electron chi connectivity index (χ4n) is 1.04. The fourth-order valence-corrected chi connectivity index (χ4v) is 1.44. The van der Waals surface area contributed by atoms with Crippen molar-refractivity contribution in [2.75, 3.05) is 0 Å². The molecule has 0 bridgehead atoms. The van der Waals surface area contributed by atoms with E-state index in [9.17, 15) is 12.3 Å². The van der Waals surface area contributed by atoms with Crippen molar-refractivity contribution in [3.63, 3.8) is 0 Å². The summed E-state index contributed by atoms with van der Waals surface area (Å²) in [5.74, 6) is 0. The summed E-state index contributed by atoms with van der Waals surface area (Å²) in [6.45, 7) is 0.558. The van der Waals surface area contributed by atoms with Crippen LogP contribution in [0.2, 0.25) is 0 Å². The summed E-state index contributed by atoms with van der Waals surface area (Å²) in [6, 6.07) is 0. The third kappa shape index (κ3) is 1.52. The molecule has 0 radical (unpaired) electrons. The second-order valence-corrected chi connectivity index (χ2v) is 3.80. The topological polar surface area (TPSA) is 69.2 Å². The van der Waals surface area contributed by atoms with E-state index in [4.69, 9.17) is 4.74 Å². The Hall–Kier alpha value is -1.08. The maximum absolute atomic E-state index is 12.4. The molecule has 0 unspecified atom stereocenters. The molecule has 0 spiro atoms. The lowest BCUT2D eigenvalue weighted by atomic mass is 10.3. The van der Waals surface area contributed by atoms with Gasteiger partial charge in [0.05, 0.1) is 18.9 Å². The van der Waals surface area contributed by atoms with Gasteiger partial charge in [0.1, 0.15) is 0 Å². The number of rotatable bonds is 1. The molecule has 5 nitrogen and oxygen atoms in total. The molecule has 13 heavy (non-hydrogen) atoms. The van der Waals surface area contributed by atoms with E-state index < -0.39 is 15.4 Å². The molecule has 7 heteroatoms. The van der Waals surface area contributed by atoms with E-state index in [0.717, 1.165) is 0 Å². The fraction of sp³-hybridized carbons (Fsp3) is 0.333. The minimum Gasteiger partial charge on any atom is -0.370 e. The molecular weight excluding hydrogens is 199 g/mol. The molecule has 0 saturated carbocycles. The predicted molar refractivity (Wildman–Crippen MR) is 38.8 cm³/mol. The third-order valence-electron chi connectivity index (χ3n) is 1.65. The number of halogens is 1. The van der Waals surface area contributed by atoms with E-state index in [-0.39, 0.29) is 6.61 Å². The smallest absolute Gasteiger partial charge is 0.368 e. The molecule has 0 N–H and O–H groups in total. The van der Waals surface area contributed by atoms with Crippen LogP contribution in [-0.4, -0.2) is 18.4 Å². The molecule has 0 saturated heterocycles. The van der Waals surface area contributed by atoms with Crippen LogP contribution in [-0.2, 0) is 28.2 Å². The van der Waals surface area contributed by atoms with Gasteiger partial charge in [0.15, 0.2) is 0 Å². The van der Waals surface area contributed by atoms with Gasteiger partial charge in [-0.05, 0) is 0 Å². The molecule has 0 aliphatic carbocycles. The zero-order valence-electron chi connectivity index (χ0n) is 6.40. The molecule has 0 atom stereocenters. The molecule has 1 aromatic rings. The van der Waals surface area contributed by atoms with Crippen molar-refractivity contribution in [2.45, 2.75) is 18.4 Å². The van der Waals surface area contributed by atoms with Gasteiger partial charge in [-0.2, -0.15) is 8.42 Å². The summed E-state index contributed by atoms with van der Waals surface area (Å²) >= 11 is 0. The van der Waals surface area contributed by atoms with E-state index >= 15 is 0 Å². The Bertz CT molecular complexity index is 445. The van der Waals surface area contributed by atoms with Crippen molar-refractivity contribution >= 4 is 10.2 Å². The number of aromatic nitrogens is 2. The van der Waals surface area contributed by atoms with Gasteiger partial charge in [0, 0.05) is 11.8 Å². The van der Waals surface area contributed by atoms with E-state index in [1.165, 1.54) is 6.20 Å². The Morgan fingerprint density at radius 2 is 2.23 bits per heavy atom. The normalized spacial score (nSPS) is 15.8. The van der Waals surface area contributed by atoms with Gasteiger partial charge < -0.3 is 4.74 Å². The molecule has 1 aromatic heterocycles. The van der Waals surface area contributed by atoms with Crippen LogP contribution in [0.15, 0.2) is 11.4 Å². The SMILES string of the molecule is O=S(=O)(F)c1ncc2c(n1)COC2. The van der Waals surface area contributed by atoms with Gasteiger partial charge in [0.2, 0.25) is 0 Å². The van der Waals surface area contributed by atoms with E-state index in [0.29, 0.717) is 17.9 Å². The van der Waals surface area contributed by atoms with Gasteiger partial charge in [-0.25, -0.2) is 9.97 Å². The minimum absolute atomic E-state index is 0.209. The molecule has 1 aliphatic rings. The van der Waals surface area contributed by atoms with Crippen molar-refractivity contribution < 1.29 is 17.0 Å². The lowest BCUT2D eigenvalue weighted by Gasteiger charge is -1.96. The highest BCUT2D eigenvalue weighted by Gasteiger charge is 2.20. The average molecular weight is 204 g/mol. The van der Waals surface area contributed by atoms with Crippen LogP contribution < -0.4 is 0 Å². The van der Waals surface area contributed by atoms with Gasteiger partial charge in [-0.3, -0.25) is 0 Å². The average Bonchev–Trinajstić information content (AvgIpc) is 2.47. The number of ether oxygens (including phenoxy) is 1. The Labute approximate surface area is 73.8 Å². The maximum Gasteiger partial charge on any atom is 0.368 e. The second kappa shape index (κ2) is 2.71. The van der Waals surface area contributed by atoms with Crippen molar-refractivity contribution in [3.8, 4) is 0 Å². The summed E-state index contributed by atoms with van der Waals surface area (Å²) in [7, 11) is -4.80. The number of nitrogens with zero attached hydrogens (tertiary/aromatic N) is 2. The lowest BCUT2D eigenvalue weighted by molar-refractivity contribution is 0.133. The molecule has 2 rings (SSSR count). The van der Waals surface area contributed by atoms with Crippen molar-refractivity contribution in [2.24, 2.45) is 0 Å². The Balaban J connectivity index is 2.54. The lowest BCUT2D eigenvalue weighted by Crippen LogP contribution is -2.03. The highest BCUT2D eigenvalue weighted by molar-refractivity contribution is 7.86. The maximum atomic E-state index is 12.4. The molecule has 0 amide bonds. The third-order valence-corrected chi connectivity index (χ3v) is 2.28. The summed E-state index contributed by atoms with van der Waals surface area (Å²) in [5, 5.41) is -0.795. The first-order valence-electron chi connectivity index (χ1n) is 3.44. The highest BCUT2D eigenvalue weighted by atomic mass is 32.3. The first-order valence-corrected chi connectivity index (χ1v) is 4.83. The van der Waals surface area contributed by atoms with Crippen LogP contribution in [0.3, 0.4) is 0 Å². The zero-order chi connectivity index (χ0) is 9.47. The summed E-state index contributed by atoms with van der Waals surface area (Å²) < 4.78 is 38.2. The van der Waals surface area contributed by atoms with Gasteiger partial charge in [-0.1, -0.05) is 3.89 Å². The van der Waals surface area contributed by atoms with Crippen LogP contribution in [0.4, 0.5) is 3.89 Å². The van der Waals surface area contributed by atoms with Gasteiger partial charge in [0.25, 0.3) is 5.16 Å². The molecule has 1 aliphatic heterocycles. The molecule has 0 aromatic carbocycles. The van der Waals surface area contributed by atoms with Gasteiger partial charge >= 0.3 is 10.2 Å². The Morgan fingerprint density at radius 3 is 2.92 bits per heavy atom. The summed E-state index contributed by atoms with van der Waals surface area (Å²) in [6.07, 6.45) is 1.27. The van der Waals surface area contributed by atoms with Gasteiger partial charge in [-0.15, -0.1) is 0 Å². The minimum atomic E-state index is -4.80. The van der Waals surface area contributed by atoms with Crippen molar-refractivity contribution in [1.82, 2.24) is 9.97 Å². The first kappa shape index (κ1) is 8.52. The standard InChI is InChI=1S/C6H5FN2O3S/c7-13(10,11)6-8-1-4-2-12-3-5(4)9-6/h1H,2-3H2. The molecular formula is C6H5FN2O3S. The quantitative estimate of drug-likeness (QED) is 0.481. The largest absolute Gasteiger partial charge is 0.370 e. The Morgan fingerprint density at radius 1 is 1.46 bits per heavy atom. The molecule has 0 fully saturated rings. The first-order chi connectivity index (χ1) is 6.07. The van der Waals surface area contributed by atoms with E-state index in [1.54, 1.807) is 0 Å². The number of fused-ring (bicyclic) bond motifs is 1. The van der Waals surface area contributed by atoms with Crippen LogP contribution in [0.1, 0.15) is 11.3 Å². The molecule has 70 valence electrons. The van der Waals surface area contributed by atoms with E-state index in [2.05, 4.69) is 9.97 Å². The Kier molecular flexibility index (Phi) is 1.77. The van der Waals surface area contributed by atoms with Crippen LogP contribution in [0, 0.1) is 0 Å².